The van der Waals surface area contributed by atoms with Gasteiger partial charge < -0.3 is 38.1 Å². The Bertz CT molecular complexity index is 1780. The van der Waals surface area contributed by atoms with Crippen LogP contribution in [0.1, 0.15) is 245 Å². The molecule has 13 nitrogen and oxygen atoms in total. The third-order valence-corrected chi connectivity index (χ3v) is 15.2. The van der Waals surface area contributed by atoms with Gasteiger partial charge in [0.2, 0.25) is 0 Å². The standard InChI is InChI=1S/C62H107NO12/c1-12-15-16-17-18-19-20-24-42-69-55(64)34-22-21-23-35-56(65)71-44-53(46-73-61(68)70-43-28-41-63(13-2)14-3)45-72-57(66)36-37-58(67)74-59-50(8)51(9)60-54(52(59)10)38-40-62(11,75-60)39-27-33-49(7)32-26-31-48(6)30-25-29-47(4)5/h47-49,53H,12-46H2,1-11H3/t48-,49-,53?,62-/m1/s1. The Kier molecular flexibility index (Phi) is 35.4. The molecule has 1 heterocycles. The molecule has 1 aliphatic rings. The molecule has 0 bridgehead atoms. The van der Waals surface area contributed by atoms with E-state index in [-0.39, 0.29) is 57.3 Å². The zero-order valence-corrected chi connectivity index (χ0v) is 49.4. The van der Waals surface area contributed by atoms with Gasteiger partial charge in [0.25, 0.3) is 0 Å². The fourth-order valence-electron chi connectivity index (χ4n) is 9.91. The summed E-state index contributed by atoms with van der Waals surface area (Å²) in [5.41, 5.74) is 3.47. The largest absolute Gasteiger partial charge is 0.508 e. The number of hydrogen-bond acceptors (Lipinski definition) is 13. The molecule has 0 spiro atoms. The van der Waals surface area contributed by atoms with Crippen LogP contribution in [0.25, 0.3) is 0 Å². The maximum atomic E-state index is 13.3. The lowest BCUT2D eigenvalue weighted by molar-refractivity contribution is -0.151. The van der Waals surface area contributed by atoms with Gasteiger partial charge in [-0.15, -0.1) is 0 Å². The van der Waals surface area contributed by atoms with Gasteiger partial charge in [-0.1, -0.05) is 145 Å². The molecule has 2 rings (SSSR count). The highest BCUT2D eigenvalue weighted by Crippen LogP contribution is 2.45. The zero-order chi connectivity index (χ0) is 55.4. The molecular formula is C62H107NO12. The monoisotopic (exact) mass is 1060 g/mol. The van der Waals surface area contributed by atoms with Gasteiger partial charge in [-0.3, -0.25) is 19.2 Å². The smallest absolute Gasteiger partial charge is 0.487 e. The molecule has 75 heavy (non-hydrogen) atoms. The van der Waals surface area contributed by atoms with E-state index in [9.17, 15) is 24.0 Å². The molecule has 0 aromatic heterocycles. The van der Waals surface area contributed by atoms with Crippen molar-refractivity contribution in [2.75, 3.05) is 52.7 Å². The fraction of sp³-hybridized carbons (Fsp3) is 0.823. The highest BCUT2D eigenvalue weighted by molar-refractivity contribution is 5.80. The summed E-state index contributed by atoms with van der Waals surface area (Å²) < 4.78 is 39.8. The summed E-state index contributed by atoms with van der Waals surface area (Å²) in [7, 11) is 0. The predicted octanol–water partition coefficient (Wildman–Crippen LogP) is 15.0. The van der Waals surface area contributed by atoms with E-state index in [4.69, 9.17) is 33.2 Å². The van der Waals surface area contributed by atoms with E-state index >= 15 is 0 Å². The number of hydrogen-bond donors (Lipinski definition) is 0. The first-order valence-electron chi connectivity index (χ1n) is 29.9. The van der Waals surface area contributed by atoms with E-state index in [1.807, 2.05) is 20.8 Å². The lowest BCUT2D eigenvalue weighted by atomic mass is 9.83. The number of esters is 4. The normalized spacial score (nSPS) is 15.4. The molecule has 432 valence electrons. The van der Waals surface area contributed by atoms with Gasteiger partial charge in [0.05, 0.1) is 32.0 Å². The Morgan fingerprint density at radius 2 is 1.07 bits per heavy atom. The molecule has 0 radical (unpaired) electrons. The van der Waals surface area contributed by atoms with Gasteiger partial charge in [0, 0.05) is 24.9 Å². The molecule has 4 atom stereocenters. The highest BCUT2D eigenvalue weighted by Gasteiger charge is 2.35. The van der Waals surface area contributed by atoms with Crippen molar-refractivity contribution < 1.29 is 57.1 Å². The van der Waals surface area contributed by atoms with Crippen molar-refractivity contribution in [3.63, 3.8) is 0 Å². The molecule has 0 fully saturated rings. The first-order valence-corrected chi connectivity index (χ1v) is 29.9. The minimum Gasteiger partial charge on any atom is -0.487 e. The van der Waals surface area contributed by atoms with E-state index in [0.29, 0.717) is 50.4 Å². The van der Waals surface area contributed by atoms with E-state index in [1.54, 1.807) is 0 Å². The van der Waals surface area contributed by atoms with Crippen LogP contribution in [0.5, 0.6) is 11.5 Å². The Morgan fingerprint density at radius 3 is 1.68 bits per heavy atom. The van der Waals surface area contributed by atoms with Crippen LogP contribution >= 0.6 is 0 Å². The molecule has 0 saturated heterocycles. The van der Waals surface area contributed by atoms with Crippen LogP contribution in [-0.2, 0) is 49.3 Å². The average molecular weight is 1060 g/mol. The van der Waals surface area contributed by atoms with E-state index in [1.165, 1.54) is 83.5 Å². The molecule has 13 heteroatoms. The number of carbonyl (C=O) groups excluding carboxylic acids is 5. The number of unbranched alkanes of at least 4 members (excludes halogenated alkanes) is 9. The van der Waals surface area contributed by atoms with Gasteiger partial charge in [-0.05, 0) is 127 Å². The maximum Gasteiger partial charge on any atom is 0.508 e. The molecule has 0 N–H and O–H groups in total. The van der Waals surface area contributed by atoms with Gasteiger partial charge in [-0.25, -0.2) is 4.79 Å². The Hall–Kier alpha value is -3.87. The molecule has 0 amide bonds. The van der Waals surface area contributed by atoms with Crippen LogP contribution in [0.15, 0.2) is 0 Å². The minimum absolute atomic E-state index is 0.143. The molecule has 0 aliphatic carbocycles. The van der Waals surface area contributed by atoms with Crippen LogP contribution in [0, 0.1) is 44.4 Å². The SMILES string of the molecule is CCCCCCCCCCOC(=O)CCCCCC(=O)OCC(COC(=O)CCC(=O)Oc1c(C)c(C)c2c(c1C)CC[C@@](C)(CCC[C@H](C)CCC[C@H](C)CCCC(C)C)O2)COC(=O)OCCCN(CC)CC. The molecular weight excluding hydrogens is 951 g/mol. The first-order chi connectivity index (χ1) is 35.9. The van der Waals surface area contributed by atoms with Crippen LogP contribution in [-0.4, -0.2) is 93.2 Å². The quantitative estimate of drug-likeness (QED) is 0.0264. The molecule has 1 aromatic carbocycles. The summed E-state index contributed by atoms with van der Waals surface area (Å²) >= 11 is 0. The third-order valence-electron chi connectivity index (χ3n) is 15.2. The van der Waals surface area contributed by atoms with Gasteiger partial charge in [0.1, 0.15) is 36.9 Å². The zero-order valence-electron chi connectivity index (χ0n) is 49.4. The fourth-order valence-corrected chi connectivity index (χ4v) is 9.91. The third kappa shape index (κ3) is 30.0. The van der Waals surface area contributed by atoms with Crippen molar-refractivity contribution in [2.45, 2.75) is 255 Å². The second-order valence-electron chi connectivity index (χ2n) is 22.7. The van der Waals surface area contributed by atoms with Crippen LogP contribution < -0.4 is 9.47 Å². The van der Waals surface area contributed by atoms with Gasteiger partial charge >= 0.3 is 30.0 Å². The summed E-state index contributed by atoms with van der Waals surface area (Å²) in [6.45, 7) is 26.6. The predicted molar refractivity (Wildman–Crippen MR) is 299 cm³/mol. The van der Waals surface area contributed by atoms with Crippen molar-refractivity contribution in [1.29, 1.82) is 0 Å². The second kappa shape index (κ2) is 39.5. The van der Waals surface area contributed by atoms with Crippen LogP contribution in [0.4, 0.5) is 4.79 Å². The summed E-state index contributed by atoms with van der Waals surface area (Å²) in [6, 6.07) is 0. The molecule has 1 aliphatic heterocycles. The Labute approximate surface area is 455 Å². The molecule has 0 saturated carbocycles. The number of fused-ring (bicyclic) bond motifs is 1. The topological polar surface area (TPSA) is 153 Å². The summed E-state index contributed by atoms with van der Waals surface area (Å²) in [5, 5.41) is 0. The van der Waals surface area contributed by atoms with E-state index in [0.717, 1.165) is 98.0 Å². The number of carbonyl (C=O) groups is 5. The van der Waals surface area contributed by atoms with Crippen molar-refractivity contribution in [3.8, 4) is 11.5 Å². The Morgan fingerprint density at radius 1 is 0.547 bits per heavy atom. The van der Waals surface area contributed by atoms with Crippen LogP contribution in [0.3, 0.4) is 0 Å². The number of rotatable bonds is 43. The lowest BCUT2D eigenvalue weighted by Gasteiger charge is -2.38. The lowest BCUT2D eigenvalue weighted by Crippen LogP contribution is -2.37. The highest BCUT2D eigenvalue weighted by atomic mass is 16.7. The number of benzene rings is 1. The van der Waals surface area contributed by atoms with Gasteiger partial charge in [-0.2, -0.15) is 0 Å². The summed E-state index contributed by atoms with van der Waals surface area (Å²) in [4.78, 5) is 65.8. The van der Waals surface area contributed by atoms with Crippen molar-refractivity contribution in [3.05, 3.63) is 22.3 Å². The molecule has 1 aromatic rings. The maximum absolute atomic E-state index is 13.3. The van der Waals surface area contributed by atoms with Crippen molar-refractivity contribution in [2.24, 2.45) is 23.7 Å². The van der Waals surface area contributed by atoms with Gasteiger partial charge in [0.15, 0.2) is 0 Å². The van der Waals surface area contributed by atoms with Crippen molar-refractivity contribution in [1.82, 2.24) is 4.90 Å². The molecule has 1 unspecified atom stereocenters. The van der Waals surface area contributed by atoms with Crippen LogP contribution in [0.2, 0.25) is 0 Å². The average Bonchev–Trinajstić information content (AvgIpc) is 3.37. The summed E-state index contributed by atoms with van der Waals surface area (Å²) in [5.74, 6) is 1.17. The number of ether oxygens (including phenoxy) is 7. The van der Waals surface area contributed by atoms with E-state index < -0.39 is 30.0 Å². The second-order valence-corrected chi connectivity index (χ2v) is 22.7. The van der Waals surface area contributed by atoms with Crippen molar-refractivity contribution >= 4 is 30.0 Å². The first kappa shape index (κ1) is 67.2. The number of nitrogens with zero attached hydrogens (tertiary/aromatic N) is 1. The minimum atomic E-state index is -0.862. The van der Waals surface area contributed by atoms with E-state index in [2.05, 4.69) is 60.3 Å². The Balaban J connectivity index is 1.85. The summed E-state index contributed by atoms with van der Waals surface area (Å²) in [6.07, 6.45) is 24.0.